The number of aromatic nitrogens is 2. The smallest absolute Gasteiger partial charge is 0.260 e. The molecule has 8 nitrogen and oxygen atoms in total. The van der Waals surface area contributed by atoms with Crippen LogP contribution in [-0.4, -0.2) is 37.6 Å². The summed E-state index contributed by atoms with van der Waals surface area (Å²) in [6.07, 6.45) is 2.52. The van der Waals surface area contributed by atoms with Crippen molar-refractivity contribution >= 4 is 32.1 Å². The molecule has 1 unspecified atom stereocenters. The van der Waals surface area contributed by atoms with Gasteiger partial charge in [0.25, 0.3) is 10.0 Å². The lowest BCUT2D eigenvalue weighted by Gasteiger charge is -2.10. The van der Waals surface area contributed by atoms with Gasteiger partial charge < -0.3 is 10.2 Å². The van der Waals surface area contributed by atoms with Crippen LogP contribution in [0.2, 0.25) is 0 Å². The number of nitrogen functional groups attached to an aromatic ring is 1. The van der Waals surface area contributed by atoms with Crippen LogP contribution in [0, 0.1) is 5.92 Å². The standard InChI is InChI=1S/C10H15N5O3S2/c11-14-8-9(15-2-4-19-10(15)13-8)20(16,17)12-5-7-1-3-18-6-7/h2,4,7,12,14H,1,3,5-6,11H2. The van der Waals surface area contributed by atoms with Gasteiger partial charge in [0.05, 0.1) is 6.61 Å². The first kappa shape index (κ1) is 13.8. The number of nitrogens with zero attached hydrogens (tertiary/aromatic N) is 2. The second kappa shape index (κ2) is 5.30. The van der Waals surface area contributed by atoms with E-state index in [9.17, 15) is 8.42 Å². The van der Waals surface area contributed by atoms with E-state index < -0.39 is 10.0 Å². The van der Waals surface area contributed by atoms with Crippen LogP contribution in [0.4, 0.5) is 5.82 Å². The van der Waals surface area contributed by atoms with E-state index in [0.29, 0.717) is 24.7 Å². The number of anilines is 1. The maximum absolute atomic E-state index is 12.4. The molecule has 0 spiro atoms. The van der Waals surface area contributed by atoms with Crippen molar-refractivity contribution in [3.05, 3.63) is 11.6 Å². The highest BCUT2D eigenvalue weighted by atomic mass is 32.2. The van der Waals surface area contributed by atoms with Crippen molar-refractivity contribution < 1.29 is 13.2 Å². The Balaban J connectivity index is 1.89. The molecular formula is C10H15N5O3S2. The van der Waals surface area contributed by atoms with Gasteiger partial charge in [0.15, 0.2) is 10.8 Å². The summed E-state index contributed by atoms with van der Waals surface area (Å²) in [4.78, 5) is 4.71. The second-order valence-electron chi connectivity index (χ2n) is 4.55. The molecule has 0 bridgehead atoms. The Hall–Kier alpha value is -1.20. The lowest BCUT2D eigenvalue weighted by Crippen LogP contribution is -2.31. The van der Waals surface area contributed by atoms with Gasteiger partial charge in [-0.25, -0.2) is 19.0 Å². The monoisotopic (exact) mass is 317 g/mol. The minimum absolute atomic E-state index is 0.0372. The molecule has 0 amide bonds. The fraction of sp³-hybridized carbons (Fsp3) is 0.500. The number of ether oxygens (including phenoxy) is 1. The van der Waals surface area contributed by atoms with Crippen molar-refractivity contribution in [2.75, 3.05) is 25.2 Å². The summed E-state index contributed by atoms with van der Waals surface area (Å²) in [6, 6.07) is 0. The van der Waals surface area contributed by atoms with Gasteiger partial charge in [0.2, 0.25) is 5.03 Å². The molecule has 10 heteroatoms. The molecule has 1 atom stereocenters. The highest BCUT2D eigenvalue weighted by Gasteiger charge is 2.27. The van der Waals surface area contributed by atoms with Gasteiger partial charge >= 0.3 is 0 Å². The third kappa shape index (κ3) is 2.40. The number of sulfonamides is 1. The predicted molar refractivity (Wildman–Crippen MR) is 75.0 cm³/mol. The molecule has 3 rings (SSSR count). The maximum Gasteiger partial charge on any atom is 0.260 e. The number of rotatable bonds is 5. The number of fused-ring (bicyclic) bond motifs is 1. The van der Waals surface area contributed by atoms with Gasteiger partial charge in [-0.15, -0.1) is 11.3 Å². The van der Waals surface area contributed by atoms with E-state index in [1.54, 1.807) is 11.6 Å². The van der Waals surface area contributed by atoms with Crippen molar-refractivity contribution in [3.8, 4) is 0 Å². The number of imidazole rings is 1. The molecule has 2 aromatic rings. The van der Waals surface area contributed by atoms with Crippen LogP contribution in [0.25, 0.3) is 4.96 Å². The van der Waals surface area contributed by atoms with Crippen molar-refractivity contribution in [2.24, 2.45) is 11.8 Å². The molecule has 20 heavy (non-hydrogen) atoms. The molecular weight excluding hydrogens is 302 g/mol. The van der Waals surface area contributed by atoms with Gasteiger partial charge in [-0.3, -0.25) is 4.40 Å². The molecule has 1 aliphatic rings. The minimum atomic E-state index is -3.68. The fourth-order valence-corrected chi connectivity index (χ4v) is 4.29. The Labute approximate surface area is 120 Å². The van der Waals surface area contributed by atoms with Crippen LogP contribution in [0.15, 0.2) is 16.6 Å². The Morgan fingerprint density at radius 1 is 1.60 bits per heavy atom. The van der Waals surface area contributed by atoms with Crippen molar-refractivity contribution in [3.63, 3.8) is 0 Å². The van der Waals surface area contributed by atoms with Gasteiger partial charge in [0, 0.05) is 24.7 Å². The zero-order chi connectivity index (χ0) is 14.2. The SMILES string of the molecule is NNc1nc2sccn2c1S(=O)(=O)NCC1CCOC1. The zero-order valence-corrected chi connectivity index (χ0v) is 12.2. The largest absolute Gasteiger partial charge is 0.381 e. The van der Waals surface area contributed by atoms with E-state index in [2.05, 4.69) is 15.1 Å². The molecule has 4 N–H and O–H groups in total. The van der Waals surface area contributed by atoms with E-state index in [1.165, 1.54) is 15.7 Å². The Kier molecular flexibility index (Phi) is 3.65. The Morgan fingerprint density at radius 3 is 3.15 bits per heavy atom. The fourth-order valence-electron chi connectivity index (χ4n) is 2.16. The Morgan fingerprint density at radius 2 is 2.45 bits per heavy atom. The molecule has 0 aromatic carbocycles. The molecule has 1 fully saturated rings. The summed E-state index contributed by atoms with van der Waals surface area (Å²) in [5, 5.41) is 1.81. The van der Waals surface area contributed by atoms with Crippen LogP contribution in [-0.2, 0) is 14.8 Å². The van der Waals surface area contributed by atoms with E-state index in [0.717, 1.165) is 6.42 Å². The normalized spacial score (nSPS) is 19.8. The van der Waals surface area contributed by atoms with Crippen LogP contribution >= 0.6 is 11.3 Å². The predicted octanol–water partition coefficient (Wildman–Crippen LogP) is -0.00380. The number of nitrogens with two attached hydrogens (primary N) is 1. The summed E-state index contributed by atoms with van der Waals surface area (Å²) >= 11 is 1.34. The van der Waals surface area contributed by atoms with Gasteiger partial charge in [-0.2, -0.15) is 4.98 Å². The van der Waals surface area contributed by atoms with Crippen molar-refractivity contribution in [1.82, 2.24) is 14.1 Å². The lowest BCUT2D eigenvalue weighted by molar-refractivity contribution is 0.186. The first-order chi connectivity index (χ1) is 9.62. The summed E-state index contributed by atoms with van der Waals surface area (Å²) in [7, 11) is -3.68. The molecule has 0 radical (unpaired) electrons. The van der Waals surface area contributed by atoms with E-state index in [4.69, 9.17) is 10.6 Å². The number of thiazole rings is 1. The number of hydrazine groups is 1. The van der Waals surface area contributed by atoms with E-state index in [-0.39, 0.29) is 16.8 Å². The van der Waals surface area contributed by atoms with Gasteiger partial charge in [-0.1, -0.05) is 0 Å². The number of hydrogen-bond donors (Lipinski definition) is 3. The average Bonchev–Trinajstić information content (AvgIpc) is 3.11. The highest BCUT2D eigenvalue weighted by Crippen LogP contribution is 2.25. The minimum Gasteiger partial charge on any atom is -0.381 e. The van der Waals surface area contributed by atoms with E-state index >= 15 is 0 Å². The summed E-state index contributed by atoms with van der Waals surface area (Å²) in [5.41, 5.74) is 2.34. The quantitative estimate of drug-likeness (QED) is 0.529. The molecule has 0 saturated carbocycles. The van der Waals surface area contributed by atoms with E-state index in [1.807, 2.05) is 0 Å². The third-order valence-corrected chi connectivity index (χ3v) is 5.40. The van der Waals surface area contributed by atoms with Gasteiger partial charge in [-0.05, 0) is 12.3 Å². The molecule has 110 valence electrons. The summed E-state index contributed by atoms with van der Waals surface area (Å²) < 4.78 is 34.2. The van der Waals surface area contributed by atoms with Gasteiger partial charge in [0.1, 0.15) is 0 Å². The zero-order valence-electron chi connectivity index (χ0n) is 10.6. The number of hydrogen-bond acceptors (Lipinski definition) is 7. The Bertz CT molecular complexity index is 702. The van der Waals surface area contributed by atoms with Crippen LogP contribution in [0.5, 0.6) is 0 Å². The third-order valence-electron chi connectivity index (χ3n) is 3.20. The average molecular weight is 317 g/mol. The molecule has 1 saturated heterocycles. The lowest BCUT2D eigenvalue weighted by atomic mass is 10.1. The number of nitrogens with one attached hydrogen (secondary N) is 2. The van der Waals surface area contributed by atoms with Crippen molar-refractivity contribution in [2.45, 2.75) is 11.4 Å². The highest BCUT2D eigenvalue weighted by molar-refractivity contribution is 7.89. The molecule has 3 heterocycles. The summed E-state index contributed by atoms with van der Waals surface area (Å²) in [6.45, 7) is 1.62. The topological polar surface area (TPSA) is 111 Å². The first-order valence-electron chi connectivity index (χ1n) is 6.11. The first-order valence-corrected chi connectivity index (χ1v) is 8.47. The van der Waals surface area contributed by atoms with Crippen LogP contribution < -0.4 is 16.0 Å². The molecule has 2 aromatic heterocycles. The molecule has 0 aliphatic carbocycles. The maximum atomic E-state index is 12.4. The summed E-state index contributed by atoms with van der Waals surface area (Å²) in [5.74, 6) is 5.71. The van der Waals surface area contributed by atoms with Crippen LogP contribution in [0.1, 0.15) is 6.42 Å². The van der Waals surface area contributed by atoms with Crippen molar-refractivity contribution in [1.29, 1.82) is 0 Å². The molecule has 1 aliphatic heterocycles. The second-order valence-corrected chi connectivity index (χ2v) is 7.10. The van der Waals surface area contributed by atoms with Crippen LogP contribution in [0.3, 0.4) is 0 Å².